The van der Waals surface area contributed by atoms with Crippen LogP contribution in [0, 0.1) is 0 Å². The molecule has 0 aromatic heterocycles. The maximum Gasteiger partial charge on any atom is 0.312 e. The zero-order chi connectivity index (χ0) is 15.1. The van der Waals surface area contributed by atoms with E-state index in [1.165, 1.54) is 0 Å². The van der Waals surface area contributed by atoms with Gasteiger partial charge >= 0.3 is 6.03 Å². The average Bonchev–Trinajstić information content (AvgIpc) is 2.49. The number of primary amides is 1. The van der Waals surface area contributed by atoms with Gasteiger partial charge in [-0.2, -0.15) is 0 Å². The first-order chi connectivity index (χ1) is 10.1. The van der Waals surface area contributed by atoms with Crippen molar-refractivity contribution in [2.45, 2.75) is 31.7 Å². The number of carbonyl (C=O) groups excluding carboxylic acids is 2. The van der Waals surface area contributed by atoms with Crippen molar-refractivity contribution in [1.29, 1.82) is 0 Å². The molecule has 0 aliphatic carbocycles. The van der Waals surface area contributed by atoms with Crippen LogP contribution >= 0.6 is 0 Å². The molecule has 5 nitrogen and oxygen atoms in total. The molecule has 0 spiro atoms. The van der Waals surface area contributed by atoms with Crippen molar-refractivity contribution < 1.29 is 9.59 Å². The minimum Gasteiger partial charge on any atom is -0.352 e. The Labute approximate surface area is 125 Å². The van der Waals surface area contributed by atoms with Crippen molar-refractivity contribution in [3.8, 4) is 0 Å². The molecule has 0 atom stereocenters. The number of nitrogens with zero attached hydrogens (tertiary/aromatic N) is 1. The van der Waals surface area contributed by atoms with Crippen molar-refractivity contribution >= 4 is 11.8 Å². The Hall–Kier alpha value is -1.88. The largest absolute Gasteiger partial charge is 0.352 e. The molecule has 1 heterocycles. The SMILES string of the molecule is NC(=O)NC1CCN(CCCC(=O)c2ccccc2)CC1. The number of rotatable bonds is 6. The van der Waals surface area contributed by atoms with Gasteiger partial charge in [-0.05, 0) is 25.8 Å². The molecule has 0 radical (unpaired) electrons. The number of ketones is 1. The fraction of sp³-hybridized carbons (Fsp3) is 0.500. The van der Waals surface area contributed by atoms with Gasteiger partial charge in [0.15, 0.2) is 5.78 Å². The molecule has 1 aliphatic heterocycles. The number of piperidine rings is 1. The van der Waals surface area contributed by atoms with E-state index in [-0.39, 0.29) is 11.8 Å². The summed E-state index contributed by atoms with van der Waals surface area (Å²) >= 11 is 0. The maximum atomic E-state index is 12.0. The molecule has 1 saturated heterocycles. The maximum absolute atomic E-state index is 12.0. The van der Waals surface area contributed by atoms with Gasteiger partial charge < -0.3 is 16.0 Å². The number of nitrogens with two attached hydrogens (primary N) is 1. The van der Waals surface area contributed by atoms with Gasteiger partial charge in [0, 0.05) is 31.1 Å². The summed E-state index contributed by atoms with van der Waals surface area (Å²) in [6.07, 6.45) is 3.32. The van der Waals surface area contributed by atoms with Crippen LogP contribution in [0.3, 0.4) is 0 Å². The summed E-state index contributed by atoms with van der Waals surface area (Å²) in [7, 11) is 0. The van der Waals surface area contributed by atoms with Crippen LogP contribution in [0.5, 0.6) is 0 Å². The highest BCUT2D eigenvalue weighted by atomic mass is 16.2. The van der Waals surface area contributed by atoms with Gasteiger partial charge in [0.25, 0.3) is 0 Å². The van der Waals surface area contributed by atoms with Gasteiger partial charge in [0.05, 0.1) is 0 Å². The van der Waals surface area contributed by atoms with E-state index in [0.29, 0.717) is 6.42 Å². The molecule has 1 aromatic rings. The Morgan fingerprint density at radius 2 is 1.86 bits per heavy atom. The quantitative estimate of drug-likeness (QED) is 0.784. The Bertz CT molecular complexity index is 468. The lowest BCUT2D eigenvalue weighted by Gasteiger charge is -2.31. The fourth-order valence-corrected chi connectivity index (χ4v) is 2.73. The number of Topliss-reactive ketones (excluding diaryl/α,β-unsaturated/α-hetero) is 1. The van der Waals surface area contributed by atoms with Crippen molar-refractivity contribution in [3.05, 3.63) is 35.9 Å². The summed E-state index contributed by atoms with van der Waals surface area (Å²) in [6, 6.07) is 9.19. The Kier molecular flexibility index (Phi) is 5.75. The van der Waals surface area contributed by atoms with Crippen LogP contribution < -0.4 is 11.1 Å². The lowest BCUT2D eigenvalue weighted by molar-refractivity contribution is 0.0971. The molecule has 3 N–H and O–H groups in total. The standard InChI is InChI=1S/C16H23N3O2/c17-16(21)18-14-8-11-19(12-9-14)10-4-7-15(20)13-5-2-1-3-6-13/h1-3,5-6,14H,4,7-12H2,(H3,17,18,21). The van der Waals surface area contributed by atoms with Crippen molar-refractivity contribution in [1.82, 2.24) is 10.2 Å². The number of amides is 2. The van der Waals surface area contributed by atoms with E-state index >= 15 is 0 Å². The van der Waals surface area contributed by atoms with Gasteiger partial charge in [-0.3, -0.25) is 4.79 Å². The highest BCUT2D eigenvalue weighted by molar-refractivity contribution is 5.95. The molecule has 5 heteroatoms. The fourth-order valence-electron chi connectivity index (χ4n) is 2.73. The number of carbonyl (C=O) groups is 2. The van der Waals surface area contributed by atoms with E-state index in [4.69, 9.17) is 5.73 Å². The first-order valence-electron chi connectivity index (χ1n) is 7.52. The van der Waals surface area contributed by atoms with Crippen LogP contribution in [-0.4, -0.2) is 42.4 Å². The second-order valence-electron chi connectivity index (χ2n) is 5.52. The van der Waals surface area contributed by atoms with Crippen LogP contribution in [0.2, 0.25) is 0 Å². The normalized spacial score (nSPS) is 16.6. The predicted molar refractivity (Wildman–Crippen MR) is 82.2 cm³/mol. The van der Waals surface area contributed by atoms with E-state index in [2.05, 4.69) is 10.2 Å². The van der Waals surface area contributed by atoms with Crippen LogP contribution in [0.25, 0.3) is 0 Å². The molecular formula is C16H23N3O2. The monoisotopic (exact) mass is 289 g/mol. The van der Waals surface area contributed by atoms with Crippen molar-refractivity contribution in [2.75, 3.05) is 19.6 Å². The summed E-state index contributed by atoms with van der Waals surface area (Å²) < 4.78 is 0. The van der Waals surface area contributed by atoms with Gasteiger partial charge in [0.2, 0.25) is 0 Å². The highest BCUT2D eigenvalue weighted by Crippen LogP contribution is 2.12. The molecule has 1 aromatic carbocycles. The molecule has 0 bridgehead atoms. The zero-order valence-corrected chi connectivity index (χ0v) is 12.3. The third kappa shape index (κ3) is 5.19. The van der Waals surface area contributed by atoms with Crippen LogP contribution in [0.1, 0.15) is 36.0 Å². The topological polar surface area (TPSA) is 75.4 Å². The summed E-state index contributed by atoms with van der Waals surface area (Å²) in [5, 5.41) is 2.76. The first kappa shape index (κ1) is 15.5. The summed E-state index contributed by atoms with van der Waals surface area (Å²) in [5.74, 6) is 0.209. The third-order valence-electron chi connectivity index (χ3n) is 3.91. The van der Waals surface area contributed by atoms with E-state index in [1.807, 2.05) is 30.3 Å². The second-order valence-corrected chi connectivity index (χ2v) is 5.52. The minimum absolute atomic E-state index is 0.199. The van der Waals surface area contributed by atoms with E-state index in [9.17, 15) is 9.59 Å². The highest BCUT2D eigenvalue weighted by Gasteiger charge is 2.19. The minimum atomic E-state index is -0.443. The first-order valence-corrected chi connectivity index (χ1v) is 7.52. The number of hydrogen-bond donors (Lipinski definition) is 2. The molecule has 114 valence electrons. The number of nitrogens with one attached hydrogen (secondary N) is 1. The van der Waals surface area contributed by atoms with E-state index in [1.54, 1.807) is 0 Å². The molecule has 0 unspecified atom stereocenters. The van der Waals surface area contributed by atoms with E-state index < -0.39 is 6.03 Å². The lowest BCUT2D eigenvalue weighted by Crippen LogP contribution is -2.46. The number of likely N-dealkylation sites (tertiary alicyclic amines) is 1. The smallest absolute Gasteiger partial charge is 0.312 e. The molecule has 2 rings (SSSR count). The average molecular weight is 289 g/mol. The number of hydrogen-bond acceptors (Lipinski definition) is 3. The van der Waals surface area contributed by atoms with Crippen LogP contribution in [-0.2, 0) is 0 Å². The molecule has 2 amide bonds. The van der Waals surface area contributed by atoms with Crippen LogP contribution in [0.4, 0.5) is 4.79 Å². The molecule has 0 saturated carbocycles. The van der Waals surface area contributed by atoms with Crippen molar-refractivity contribution in [3.63, 3.8) is 0 Å². The molecule has 1 fully saturated rings. The summed E-state index contributed by atoms with van der Waals surface area (Å²) in [4.78, 5) is 25.1. The number of benzene rings is 1. The number of urea groups is 1. The van der Waals surface area contributed by atoms with Gasteiger partial charge in [-0.1, -0.05) is 30.3 Å². The van der Waals surface area contributed by atoms with Gasteiger partial charge in [-0.25, -0.2) is 4.79 Å². The van der Waals surface area contributed by atoms with Gasteiger partial charge in [0.1, 0.15) is 0 Å². The second kappa shape index (κ2) is 7.78. The van der Waals surface area contributed by atoms with Gasteiger partial charge in [-0.15, -0.1) is 0 Å². The Morgan fingerprint density at radius 3 is 2.48 bits per heavy atom. The molecule has 1 aliphatic rings. The lowest BCUT2D eigenvalue weighted by atomic mass is 10.0. The van der Waals surface area contributed by atoms with Crippen molar-refractivity contribution in [2.24, 2.45) is 5.73 Å². The zero-order valence-electron chi connectivity index (χ0n) is 12.3. The van der Waals surface area contributed by atoms with Crippen LogP contribution in [0.15, 0.2) is 30.3 Å². The van der Waals surface area contributed by atoms with E-state index in [0.717, 1.165) is 44.5 Å². The molecule has 21 heavy (non-hydrogen) atoms. The summed E-state index contributed by atoms with van der Waals surface area (Å²) in [5.41, 5.74) is 5.92. The Morgan fingerprint density at radius 1 is 1.19 bits per heavy atom. The predicted octanol–water partition coefficient (Wildman–Crippen LogP) is 1.78. The Balaban J connectivity index is 1.64. The summed E-state index contributed by atoms with van der Waals surface area (Å²) in [6.45, 7) is 2.83. The molecular weight excluding hydrogens is 266 g/mol. The third-order valence-corrected chi connectivity index (χ3v) is 3.91.